The molecule has 0 saturated carbocycles. The highest BCUT2D eigenvalue weighted by Gasteiger charge is 2.24. The second kappa shape index (κ2) is 3.55. The van der Waals surface area contributed by atoms with Crippen LogP contribution in [0.1, 0.15) is 0 Å². The van der Waals surface area contributed by atoms with Crippen molar-refractivity contribution < 1.29 is 4.79 Å². The van der Waals surface area contributed by atoms with Crippen molar-refractivity contribution in [1.82, 2.24) is 5.32 Å². The molecule has 4 nitrogen and oxygen atoms in total. The lowest BCUT2D eigenvalue weighted by Gasteiger charge is -2.05. The number of carbonyl (C=O) groups excluding carboxylic acids is 1. The molecule has 0 fully saturated rings. The lowest BCUT2D eigenvalue weighted by Crippen LogP contribution is -2.34. The Balaban J connectivity index is 2.16. The van der Waals surface area contributed by atoms with Gasteiger partial charge in [-0.3, -0.25) is 0 Å². The third kappa shape index (κ3) is 1.85. The molecular weight excluding hydrogens is 218 g/mol. The van der Waals surface area contributed by atoms with Crippen molar-refractivity contribution >= 4 is 40.6 Å². The summed E-state index contributed by atoms with van der Waals surface area (Å²) in [5, 5.41) is 2.51. The zero-order chi connectivity index (χ0) is 10.1. The van der Waals surface area contributed by atoms with Gasteiger partial charge in [-0.05, 0) is 18.2 Å². The SMILES string of the molecule is NC(=O)NC1N=C2C=CC(=S)C=C2S1. The molecule has 2 rings (SSSR count). The molecule has 3 N–H and O–H groups in total. The Morgan fingerprint density at radius 2 is 2.43 bits per heavy atom. The molecule has 0 aromatic carbocycles. The molecule has 2 aliphatic rings. The molecule has 0 bridgehead atoms. The molecule has 6 heteroatoms. The molecule has 1 aliphatic heterocycles. The second-order valence-electron chi connectivity index (χ2n) is 2.74. The number of nitrogens with one attached hydrogen (secondary N) is 1. The molecule has 72 valence electrons. The van der Waals surface area contributed by atoms with E-state index < -0.39 is 6.03 Å². The first kappa shape index (κ1) is 9.42. The van der Waals surface area contributed by atoms with E-state index in [1.165, 1.54) is 11.8 Å². The third-order valence-corrected chi connectivity index (χ3v) is 2.97. The fraction of sp³-hybridized carbons (Fsp3) is 0.125. The highest BCUT2D eigenvalue weighted by molar-refractivity contribution is 8.05. The molecule has 0 aromatic heterocycles. The molecule has 0 aromatic rings. The number of allylic oxidation sites excluding steroid dienone is 4. The maximum atomic E-state index is 10.6. The Labute approximate surface area is 90.3 Å². The lowest BCUT2D eigenvalue weighted by atomic mass is 10.2. The number of hydrogen-bond acceptors (Lipinski definition) is 4. The third-order valence-electron chi connectivity index (χ3n) is 1.69. The Bertz CT molecular complexity index is 397. The molecule has 2 amide bonds. The minimum Gasteiger partial charge on any atom is -0.352 e. The van der Waals surface area contributed by atoms with Crippen LogP contribution in [0.5, 0.6) is 0 Å². The number of amides is 2. The largest absolute Gasteiger partial charge is 0.352 e. The second-order valence-corrected chi connectivity index (χ2v) is 4.33. The molecule has 1 atom stereocenters. The van der Waals surface area contributed by atoms with Crippen molar-refractivity contribution in [2.45, 2.75) is 5.50 Å². The fourth-order valence-corrected chi connectivity index (χ4v) is 2.43. The van der Waals surface area contributed by atoms with Crippen LogP contribution < -0.4 is 11.1 Å². The number of thioether (sulfide) groups is 1. The zero-order valence-electron chi connectivity index (χ0n) is 7.06. The number of aliphatic imine (C=N–C) groups is 1. The molecule has 0 radical (unpaired) electrons. The molecule has 1 aliphatic carbocycles. The predicted molar refractivity (Wildman–Crippen MR) is 61.4 cm³/mol. The van der Waals surface area contributed by atoms with Gasteiger partial charge in [0.1, 0.15) is 0 Å². The van der Waals surface area contributed by atoms with Crippen LogP contribution in [-0.2, 0) is 0 Å². The van der Waals surface area contributed by atoms with Crippen LogP contribution in [0.4, 0.5) is 4.79 Å². The number of urea groups is 1. The highest BCUT2D eigenvalue weighted by Crippen LogP contribution is 2.32. The van der Waals surface area contributed by atoms with Gasteiger partial charge in [0.25, 0.3) is 0 Å². The Hall–Kier alpha value is -1.14. The van der Waals surface area contributed by atoms with Crippen molar-refractivity contribution in [1.29, 1.82) is 0 Å². The Morgan fingerprint density at radius 3 is 3.14 bits per heavy atom. The van der Waals surface area contributed by atoms with Gasteiger partial charge in [0.2, 0.25) is 0 Å². The summed E-state index contributed by atoms with van der Waals surface area (Å²) in [6, 6.07) is -0.572. The zero-order valence-corrected chi connectivity index (χ0v) is 8.69. The van der Waals surface area contributed by atoms with Gasteiger partial charge in [0.15, 0.2) is 5.50 Å². The number of hydrogen-bond donors (Lipinski definition) is 2. The molecule has 0 saturated heterocycles. The monoisotopic (exact) mass is 225 g/mol. The standard InChI is InChI=1S/C8H7N3OS2/c9-7(12)11-8-10-5-2-1-4(13)3-6(5)14-8/h1-3,8H,(H3,9,11,12). The Kier molecular flexibility index (Phi) is 2.39. The maximum Gasteiger partial charge on any atom is 0.314 e. The Morgan fingerprint density at radius 1 is 1.64 bits per heavy atom. The van der Waals surface area contributed by atoms with Gasteiger partial charge < -0.3 is 11.1 Å². The average Bonchev–Trinajstić information content (AvgIpc) is 2.44. The fourth-order valence-electron chi connectivity index (χ4n) is 1.15. The van der Waals surface area contributed by atoms with E-state index in [9.17, 15) is 4.79 Å². The number of nitrogens with zero attached hydrogens (tertiary/aromatic N) is 1. The summed E-state index contributed by atoms with van der Waals surface area (Å²) in [5.74, 6) is 0. The summed E-state index contributed by atoms with van der Waals surface area (Å²) in [7, 11) is 0. The van der Waals surface area contributed by atoms with Crippen LogP contribution in [-0.4, -0.2) is 22.1 Å². The number of carbonyl (C=O) groups is 1. The molecule has 14 heavy (non-hydrogen) atoms. The van der Waals surface area contributed by atoms with Gasteiger partial charge in [-0.25, -0.2) is 9.79 Å². The van der Waals surface area contributed by atoms with E-state index >= 15 is 0 Å². The normalized spacial score (nSPS) is 24.0. The predicted octanol–water partition coefficient (Wildman–Crippen LogP) is 0.950. The number of fused-ring (bicyclic) bond motifs is 1. The van der Waals surface area contributed by atoms with Gasteiger partial charge in [-0.15, -0.1) is 0 Å². The van der Waals surface area contributed by atoms with Crippen molar-refractivity contribution in [3.05, 3.63) is 23.1 Å². The summed E-state index contributed by atoms with van der Waals surface area (Å²) in [6.45, 7) is 0. The van der Waals surface area contributed by atoms with Gasteiger partial charge in [-0.2, -0.15) is 0 Å². The van der Waals surface area contributed by atoms with E-state index in [2.05, 4.69) is 10.3 Å². The van der Waals surface area contributed by atoms with E-state index in [1.807, 2.05) is 18.2 Å². The molecule has 1 heterocycles. The smallest absolute Gasteiger partial charge is 0.314 e. The van der Waals surface area contributed by atoms with Crippen LogP contribution in [0.3, 0.4) is 0 Å². The van der Waals surface area contributed by atoms with Crippen molar-refractivity contribution in [2.24, 2.45) is 10.7 Å². The maximum absolute atomic E-state index is 10.6. The first-order valence-corrected chi connectivity index (χ1v) is 5.18. The van der Waals surface area contributed by atoms with Crippen LogP contribution in [0.2, 0.25) is 0 Å². The number of primary amides is 1. The van der Waals surface area contributed by atoms with Crippen molar-refractivity contribution in [3.8, 4) is 0 Å². The summed E-state index contributed by atoms with van der Waals surface area (Å²) in [6.07, 6.45) is 5.51. The van der Waals surface area contributed by atoms with Gasteiger partial charge in [-0.1, -0.05) is 24.0 Å². The van der Waals surface area contributed by atoms with E-state index in [-0.39, 0.29) is 5.50 Å². The average molecular weight is 225 g/mol. The lowest BCUT2D eigenvalue weighted by molar-refractivity contribution is 0.248. The van der Waals surface area contributed by atoms with Crippen LogP contribution in [0.15, 0.2) is 28.1 Å². The van der Waals surface area contributed by atoms with E-state index in [0.29, 0.717) is 0 Å². The topological polar surface area (TPSA) is 67.5 Å². The summed E-state index contributed by atoms with van der Waals surface area (Å²) >= 11 is 6.45. The summed E-state index contributed by atoms with van der Waals surface area (Å²) in [4.78, 5) is 16.6. The molecular formula is C8H7N3OS2. The van der Waals surface area contributed by atoms with E-state index in [1.54, 1.807) is 0 Å². The van der Waals surface area contributed by atoms with E-state index in [0.717, 1.165) is 15.5 Å². The summed E-state index contributed by atoms with van der Waals surface area (Å²) in [5.41, 5.74) is 5.52. The van der Waals surface area contributed by atoms with Crippen LogP contribution in [0, 0.1) is 0 Å². The quantitative estimate of drug-likeness (QED) is 0.653. The first-order chi connectivity index (χ1) is 6.65. The van der Waals surface area contributed by atoms with E-state index in [4.69, 9.17) is 18.0 Å². The summed E-state index contributed by atoms with van der Waals surface area (Å²) < 4.78 is 0. The minimum absolute atomic E-state index is 0.320. The van der Waals surface area contributed by atoms with Gasteiger partial charge in [0.05, 0.1) is 5.71 Å². The minimum atomic E-state index is -0.572. The van der Waals surface area contributed by atoms with Crippen molar-refractivity contribution in [3.63, 3.8) is 0 Å². The molecule has 1 unspecified atom stereocenters. The van der Waals surface area contributed by atoms with Gasteiger partial charge in [0, 0.05) is 9.77 Å². The number of nitrogens with two attached hydrogens (primary N) is 1. The van der Waals surface area contributed by atoms with Crippen LogP contribution in [0.25, 0.3) is 0 Å². The number of rotatable bonds is 1. The van der Waals surface area contributed by atoms with Gasteiger partial charge >= 0.3 is 6.03 Å². The first-order valence-electron chi connectivity index (χ1n) is 3.90. The molecule has 0 spiro atoms. The van der Waals surface area contributed by atoms with Crippen LogP contribution >= 0.6 is 24.0 Å². The number of thiocarbonyl (C=S) groups is 1. The highest BCUT2D eigenvalue weighted by atomic mass is 32.2. The van der Waals surface area contributed by atoms with Crippen molar-refractivity contribution in [2.75, 3.05) is 0 Å².